The molecule has 1 aromatic heterocycles. The zero-order valence-electron chi connectivity index (χ0n) is 10.4. The van der Waals surface area contributed by atoms with Crippen molar-refractivity contribution in [2.24, 2.45) is 0 Å². The van der Waals surface area contributed by atoms with E-state index in [1.54, 1.807) is 18.2 Å². The number of furan rings is 1. The number of carbonyl (C=O) groups excluding carboxylic acids is 1. The summed E-state index contributed by atoms with van der Waals surface area (Å²) in [5.74, 6) is 0.179. The summed E-state index contributed by atoms with van der Waals surface area (Å²) in [5, 5.41) is 1.90. The summed E-state index contributed by atoms with van der Waals surface area (Å²) in [7, 11) is 0. The third-order valence-corrected chi connectivity index (χ3v) is 3.75. The van der Waals surface area contributed by atoms with E-state index in [0.29, 0.717) is 21.4 Å². The number of para-hydroxylation sites is 1. The Bertz CT molecular complexity index is 790. The molecule has 0 spiro atoms. The predicted octanol–water partition coefficient (Wildman–Crippen LogP) is 5.17. The number of hydrogen-bond acceptors (Lipinski definition) is 2. The molecule has 0 saturated carbocycles. The van der Waals surface area contributed by atoms with E-state index in [1.807, 2.05) is 30.3 Å². The van der Waals surface area contributed by atoms with Crippen molar-refractivity contribution < 1.29 is 9.21 Å². The first-order valence-corrected chi connectivity index (χ1v) is 6.85. The Hall–Kier alpha value is -1.77. The van der Waals surface area contributed by atoms with E-state index >= 15 is 0 Å². The highest BCUT2D eigenvalue weighted by Crippen LogP contribution is 2.27. The molecular formula is C16H10Cl2O2. The zero-order valence-corrected chi connectivity index (χ0v) is 11.9. The van der Waals surface area contributed by atoms with Crippen LogP contribution in [-0.2, 0) is 6.42 Å². The molecule has 0 aliphatic heterocycles. The minimum absolute atomic E-state index is 0.120. The molecule has 0 amide bonds. The summed E-state index contributed by atoms with van der Waals surface area (Å²) < 4.78 is 5.55. The molecule has 100 valence electrons. The Morgan fingerprint density at radius 2 is 1.75 bits per heavy atom. The molecule has 2 aromatic carbocycles. The molecule has 0 aliphatic carbocycles. The molecule has 0 atom stereocenters. The van der Waals surface area contributed by atoms with Crippen molar-refractivity contribution in [2.75, 3.05) is 0 Å². The van der Waals surface area contributed by atoms with Crippen LogP contribution in [-0.4, -0.2) is 5.78 Å². The lowest BCUT2D eigenvalue weighted by atomic mass is 10.1. The molecule has 0 N–H and O–H groups in total. The lowest BCUT2D eigenvalue weighted by Crippen LogP contribution is -2.02. The van der Waals surface area contributed by atoms with Gasteiger partial charge in [-0.2, -0.15) is 0 Å². The topological polar surface area (TPSA) is 30.2 Å². The van der Waals surface area contributed by atoms with E-state index in [0.717, 1.165) is 10.9 Å². The van der Waals surface area contributed by atoms with Crippen molar-refractivity contribution in [3.05, 3.63) is 69.9 Å². The highest BCUT2D eigenvalue weighted by atomic mass is 35.5. The van der Waals surface area contributed by atoms with Gasteiger partial charge in [0, 0.05) is 16.8 Å². The minimum atomic E-state index is -0.120. The standard InChI is InChI=1S/C16H10Cl2O2/c17-12-6-2-1-4-10(12)8-14(19)15-9-11-5-3-7-13(18)16(11)20-15/h1-7,9H,8H2. The summed E-state index contributed by atoms with van der Waals surface area (Å²) in [4.78, 5) is 12.3. The van der Waals surface area contributed by atoms with Crippen LogP contribution in [0.4, 0.5) is 0 Å². The van der Waals surface area contributed by atoms with Crippen molar-refractivity contribution in [2.45, 2.75) is 6.42 Å². The normalized spacial score (nSPS) is 10.9. The molecule has 0 radical (unpaired) electrons. The van der Waals surface area contributed by atoms with Gasteiger partial charge in [-0.25, -0.2) is 0 Å². The third kappa shape index (κ3) is 2.45. The van der Waals surface area contributed by atoms with E-state index in [4.69, 9.17) is 27.6 Å². The Kier molecular flexibility index (Phi) is 3.51. The minimum Gasteiger partial charge on any atom is -0.451 e. The summed E-state index contributed by atoms with van der Waals surface area (Å²) in [6, 6.07) is 14.4. The Balaban J connectivity index is 1.93. The number of carbonyl (C=O) groups is 1. The molecule has 0 saturated heterocycles. The molecular weight excluding hydrogens is 295 g/mol. The number of benzene rings is 2. The lowest BCUT2D eigenvalue weighted by molar-refractivity contribution is 0.0968. The van der Waals surface area contributed by atoms with Gasteiger partial charge in [0.15, 0.2) is 11.3 Å². The zero-order chi connectivity index (χ0) is 14.1. The Labute approximate surface area is 125 Å². The number of halogens is 2. The van der Waals surface area contributed by atoms with Crippen LogP contribution in [0.1, 0.15) is 16.1 Å². The maximum Gasteiger partial charge on any atom is 0.202 e. The average molecular weight is 305 g/mol. The van der Waals surface area contributed by atoms with Crippen molar-refractivity contribution in [1.82, 2.24) is 0 Å². The second kappa shape index (κ2) is 5.31. The van der Waals surface area contributed by atoms with Crippen LogP contribution in [0.15, 0.2) is 52.9 Å². The second-order valence-electron chi connectivity index (χ2n) is 4.46. The maximum absolute atomic E-state index is 12.3. The third-order valence-electron chi connectivity index (χ3n) is 3.08. The van der Waals surface area contributed by atoms with E-state index in [9.17, 15) is 4.79 Å². The number of ketones is 1. The molecule has 4 heteroatoms. The first-order chi connectivity index (χ1) is 9.65. The van der Waals surface area contributed by atoms with Crippen molar-refractivity contribution in [3.8, 4) is 0 Å². The highest BCUT2D eigenvalue weighted by molar-refractivity contribution is 6.35. The van der Waals surface area contributed by atoms with Crippen LogP contribution in [0.25, 0.3) is 11.0 Å². The van der Waals surface area contributed by atoms with Crippen molar-refractivity contribution in [3.63, 3.8) is 0 Å². The van der Waals surface area contributed by atoms with Gasteiger partial charge in [-0.05, 0) is 23.8 Å². The summed E-state index contributed by atoms with van der Waals surface area (Å²) in [5.41, 5.74) is 1.32. The van der Waals surface area contributed by atoms with Crippen molar-refractivity contribution >= 4 is 40.0 Å². The number of rotatable bonds is 3. The van der Waals surface area contributed by atoms with Gasteiger partial charge in [0.05, 0.1) is 5.02 Å². The molecule has 0 fully saturated rings. The monoisotopic (exact) mass is 304 g/mol. The molecule has 20 heavy (non-hydrogen) atoms. The fourth-order valence-corrected chi connectivity index (χ4v) is 2.49. The summed E-state index contributed by atoms with van der Waals surface area (Å²) in [6.07, 6.45) is 0.205. The van der Waals surface area contributed by atoms with Gasteiger partial charge in [-0.3, -0.25) is 4.79 Å². The molecule has 0 bridgehead atoms. The molecule has 2 nitrogen and oxygen atoms in total. The molecule has 3 rings (SSSR count). The van der Waals surface area contributed by atoms with E-state index < -0.39 is 0 Å². The smallest absolute Gasteiger partial charge is 0.202 e. The van der Waals surface area contributed by atoms with Gasteiger partial charge in [0.2, 0.25) is 5.78 Å². The highest BCUT2D eigenvalue weighted by Gasteiger charge is 2.15. The van der Waals surface area contributed by atoms with Crippen LogP contribution in [0.2, 0.25) is 10.0 Å². The van der Waals surface area contributed by atoms with Crippen LogP contribution in [0.5, 0.6) is 0 Å². The molecule has 0 unspecified atom stereocenters. The first kappa shape index (κ1) is 13.2. The molecule has 1 heterocycles. The predicted molar refractivity (Wildman–Crippen MR) is 80.7 cm³/mol. The fourth-order valence-electron chi connectivity index (χ4n) is 2.07. The van der Waals surface area contributed by atoms with Gasteiger partial charge >= 0.3 is 0 Å². The molecule has 0 aliphatic rings. The van der Waals surface area contributed by atoms with E-state index in [2.05, 4.69) is 0 Å². The van der Waals surface area contributed by atoms with Crippen LogP contribution >= 0.6 is 23.2 Å². The first-order valence-electron chi connectivity index (χ1n) is 6.10. The quantitative estimate of drug-likeness (QED) is 0.625. The second-order valence-corrected chi connectivity index (χ2v) is 5.27. The number of hydrogen-bond donors (Lipinski definition) is 0. The lowest BCUT2D eigenvalue weighted by Gasteiger charge is -2.01. The van der Waals surface area contributed by atoms with E-state index in [1.165, 1.54) is 0 Å². The van der Waals surface area contributed by atoms with Gasteiger partial charge in [-0.15, -0.1) is 0 Å². The SMILES string of the molecule is O=C(Cc1ccccc1Cl)c1cc2cccc(Cl)c2o1. The number of fused-ring (bicyclic) bond motifs is 1. The van der Waals surface area contributed by atoms with E-state index in [-0.39, 0.29) is 12.2 Å². The van der Waals surface area contributed by atoms with Gasteiger partial charge in [0.25, 0.3) is 0 Å². The average Bonchev–Trinajstić information content (AvgIpc) is 2.87. The van der Waals surface area contributed by atoms with Crippen LogP contribution < -0.4 is 0 Å². The fraction of sp³-hybridized carbons (Fsp3) is 0.0625. The van der Waals surface area contributed by atoms with Gasteiger partial charge < -0.3 is 4.42 Å². The Morgan fingerprint density at radius 1 is 1.00 bits per heavy atom. The summed E-state index contributed by atoms with van der Waals surface area (Å²) >= 11 is 12.1. The van der Waals surface area contributed by atoms with Crippen molar-refractivity contribution in [1.29, 1.82) is 0 Å². The summed E-state index contributed by atoms with van der Waals surface area (Å²) in [6.45, 7) is 0. The molecule has 3 aromatic rings. The van der Waals surface area contributed by atoms with Crippen LogP contribution in [0.3, 0.4) is 0 Å². The maximum atomic E-state index is 12.3. The van der Waals surface area contributed by atoms with Gasteiger partial charge in [0.1, 0.15) is 0 Å². The van der Waals surface area contributed by atoms with Gasteiger partial charge in [-0.1, -0.05) is 53.5 Å². The van der Waals surface area contributed by atoms with Crippen LogP contribution in [0, 0.1) is 0 Å². The largest absolute Gasteiger partial charge is 0.451 e. The Morgan fingerprint density at radius 3 is 2.50 bits per heavy atom. The number of Topliss-reactive ketones (excluding diaryl/α,β-unsaturated/α-hetero) is 1.